The fourth-order valence-electron chi connectivity index (χ4n) is 6.54. The number of ether oxygens (including phenoxy) is 1. The molecule has 0 aliphatic heterocycles. The zero-order valence-electron chi connectivity index (χ0n) is 22.9. The maximum Gasteiger partial charge on any atom is 0.336 e. The number of nitrogens with one attached hydrogen (secondary N) is 1. The van der Waals surface area contributed by atoms with Gasteiger partial charge in [0.05, 0.1) is 23.7 Å². The Bertz CT molecular complexity index is 1640. The number of ketones is 1. The monoisotopic (exact) mass is 574 g/mol. The van der Waals surface area contributed by atoms with E-state index in [1.165, 1.54) is 70.3 Å². The van der Waals surface area contributed by atoms with Gasteiger partial charge in [0.1, 0.15) is 5.82 Å². The molecule has 0 radical (unpaired) electrons. The van der Waals surface area contributed by atoms with Gasteiger partial charge in [-0.2, -0.15) is 0 Å². The van der Waals surface area contributed by atoms with Gasteiger partial charge in [-0.1, -0.05) is 68.0 Å². The number of imidazole rings is 1. The molecule has 212 valence electrons. The molecule has 0 spiro atoms. The van der Waals surface area contributed by atoms with Crippen LogP contribution in [0.4, 0.5) is 4.39 Å². The third kappa shape index (κ3) is 5.47. The van der Waals surface area contributed by atoms with E-state index in [1.807, 2.05) is 0 Å². The molecule has 6 rings (SSSR count). The highest BCUT2D eigenvalue weighted by atomic mass is 35.5. The fraction of sp³-hybridized carbons (Fsp3) is 0.364. The summed E-state index contributed by atoms with van der Waals surface area (Å²) in [4.78, 5) is 33.8. The number of fused-ring (bicyclic) bond motifs is 1. The largest absolute Gasteiger partial charge is 0.494 e. The molecule has 8 heteroatoms. The molecule has 2 aliphatic rings. The number of hydrogen-bond acceptors (Lipinski definition) is 4. The summed E-state index contributed by atoms with van der Waals surface area (Å²) in [5.74, 6) is 0.371. The number of H-pyrrole nitrogens is 1. The zero-order chi connectivity index (χ0) is 28.7. The molecule has 2 N–H and O–H groups in total. The molecule has 0 amide bonds. The minimum atomic E-state index is -1.15. The van der Waals surface area contributed by atoms with Gasteiger partial charge in [0.25, 0.3) is 0 Å². The first-order valence-electron chi connectivity index (χ1n) is 14.3. The average Bonchev–Trinajstić information content (AvgIpc) is 3.74. The number of methoxy groups -OCH3 is 1. The summed E-state index contributed by atoms with van der Waals surface area (Å²) in [5, 5.41) is 10.6. The highest BCUT2D eigenvalue weighted by Crippen LogP contribution is 2.47. The van der Waals surface area contributed by atoms with Crippen LogP contribution in [0.15, 0.2) is 48.5 Å². The number of aromatic amines is 1. The van der Waals surface area contributed by atoms with Crippen molar-refractivity contribution >= 4 is 34.4 Å². The Labute approximate surface area is 242 Å². The van der Waals surface area contributed by atoms with E-state index in [0.717, 1.165) is 0 Å². The molecule has 1 heterocycles. The quantitative estimate of drug-likeness (QED) is 0.195. The van der Waals surface area contributed by atoms with E-state index in [-0.39, 0.29) is 17.1 Å². The van der Waals surface area contributed by atoms with Crippen molar-refractivity contribution in [3.05, 3.63) is 70.5 Å². The van der Waals surface area contributed by atoms with Crippen LogP contribution in [-0.2, 0) is 0 Å². The normalized spacial score (nSPS) is 16.6. The standard InChI is InChI=1S/C33H32ClFN2O4/c1-41-30-17-28-27(16-26(30)35)36-32(37-28)22-8-5-9-25(34)31(22)21-13-12-20(14-24(21)33(39)40)29(38)15-23(19-10-11-19)18-6-3-2-4-7-18/h5,8-9,12-14,16-19,23H,2-4,6-7,10-11,15H2,1H3,(H,36,37)(H,39,40). The van der Waals surface area contributed by atoms with Crippen molar-refractivity contribution in [2.75, 3.05) is 7.11 Å². The number of nitrogens with zero attached hydrogens (tertiary/aromatic N) is 1. The first-order chi connectivity index (χ1) is 19.8. The molecule has 2 aliphatic carbocycles. The lowest BCUT2D eigenvalue weighted by Crippen LogP contribution is -2.23. The lowest BCUT2D eigenvalue weighted by atomic mass is 9.75. The van der Waals surface area contributed by atoms with Crippen LogP contribution in [0, 0.1) is 23.6 Å². The number of aromatic carboxylic acids is 1. The molecule has 41 heavy (non-hydrogen) atoms. The Morgan fingerprint density at radius 1 is 1.05 bits per heavy atom. The number of carboxylic acid groups (broad SMARTS) is 1. The third-order valence-corrected chi connectivity index (χ3v) is 9.08. The molecule has 2 saturated carbocycles. The van der Waals surface area contributed by atoms with Crippen LogP contribution in [0.5, 0.6) is 5.75 Å². The van der Waals surface area contributed by atoms with Gasteiger partial charge in [-0.3, -0.25) is 4.79 Å². The number of rotatable bonds is 9. The fourth-order valence-corrected chi connectivity index (χ4v) is 6.82. The van der Waals surface area contributed by atoms with Crippen LogP contribution in [0.2, 0.25) is 5.02 Å². The van der Waals surface area contributed by atoms with E-state index < -0.39 is 11.8 Å². The van der Waals surface area contributed by atoms with Crippen LogP contribution < -0.4 is 4.74 Å². The summed E-state index contributed by atoms with van der Waals surface area (Å²) in [6, 6.07) is 12.9. The van der Waals surface area contributed by atoms with E-state index in [4.69, 9.17) is 16.3 Å². The lowest BCUT2D eigenvalue weighted by molar-refractivity contribution is 0.0697. The van der Waals surface area contributed by atoms with Crippen molar-refractivity contribution in [2.45, 2.75) is 51.4 Å². The summed E-state index contributed by atoms with van der Waals surface area (Å²) in [6.07, 6.45) is 8.93. The van der Waals surface area contributed by atoms with E-state index in [1.54, 1.807) is 30.3 Å². The predicted molar refractivity (Wildman–Crippen MR) is 157 cm³/mol. The molecule has 0 saturated heterocycles. The molecule has 6 nitrogen and oxygen atoms in total. The molecule has 1 aromatic heterocycles. The van der Waals surface area contributed by atoms with Crippen molar-refractivity contribution in [3.63, 3.8) is 0 Å². The second kappa shape index (κ2) is 11.3. The Morgan fingerprint density at radius 3 is 2.51 bits per heavy atom. The number of halogens is 2. The number of hydrogen-bond donors (Lipinski definition) is 2. The Morgan fingerprint density at radius 2 is 1.80 bits per heavy atom. The number of benzene rings is 3. The van der Waals surface area contributed by atoms with Crippen molar-refractivity contribution in [2.24, 2.45) is 17.8 Å². The van der Waals surface area contributed by atoms with Gasteiger partial charge in [-0.15, -0.1) is 0 Å². The molecule has 1 unspecified atom stereocenters. The summed E-state index contributed by atoms with van der Waals surface area (Å²) in [7, 11) is 1.39. The van der Waals surface area contributed by atoms with Crippen LogP contribution >= 0.6 is 11.6 Å². The van der Waals surface area contributed by atoms with Crippen molar-refractivity contribution in [3.8, 4) is 28.3 Å². The highest BCUT2D eigenvalue weighted by Gasteiger charge is 2.38. The van der Waals surface area contributed by atoms with Gasteiger partial charge in [0.15, 0.2) is 17.3 Å². The van der Waals surface area contributed by atoms with Crippen molar-refractivity contribution < 1.29 is 23.8 Å². The molecule has 4 aromatic rings. The summed E-state index contributed by atoms with van der Waals surface area (Å²) in [5.41, 5.74) is 2.77. The number of carbonyl (C=O) groups excluding carboxylic acids is 1. The molecule has 2 fully saturated rings. The predicted octanol–water partition coefficient (Wildman–Crippen LogP) is 8.58. The summed E-state index contributed by atoms with van der Waals surface area (Å²) in [6.45, 7) is 0. The smallest absolute Gasteiger partial charge is 0.336 e. The number of aromatic nitrogens is 2. The van der Waals surface area contributed by atoms with Gasteiger partial charge in [-0.05, 0) is 48.3 Å². The van der Waals surface area contributed by atoms with Gasteiger partial charge < -0.3 is 14.8 Å². The van der Waals surface area contributed by atoms with Crippen molar-refractivity contribution in [1.29, 1.82) is 0 Å². The number of carbonyl (C=O) groups is 2. The second-order valence-electron chi connectivity index (χ2n) is 11.3. The van der Waals surface area contributed by atoms with Gasteiger partial charge in [-0.25, -0.2) is 14.2 Å². The molecular weight excluding hydrogens is 543 g/mol. The van der Waals surface area contributed by atoms with Crippen LogP contribution in [0.1, 0.15) is 72.1 Å². The summed E-state index contributed by atoms with van der Waals surface area (Å²) >= 11 is 6.68. The van der Waals surface area contributed by atoms with Crippen molar-refractivity contribution in [1.82, 2.24) is 9.97 Å². The summed E-state index contributed by atoms with van der Waals surface area (Å²) < 4.78 is 19.4. The highest BCUT2D eigenvalue weighted by molar-refractivity contribution is 6.34. The van der Waals surface area contributed by atoms with E-state index >= 15 is 0 Å². The maximum atomic E-state index is 14.3. The van der Waals surface area contributed by atoms with Crippen LogP contribution in [0.25, 0.3) is 33.5 Å². The van der Waals surface area contributed by atoms with E-state index in [9.17, 15) is 19.1 Å². The minimum Gasteiger partial charge on any atom is -0.494 e. The van der Waals surface area contributed by atoms with Crippen LogP contribution in [-0.4, -0.2) is 33.9 Å². The Hall–Kier alpha value is -3.71. The van der Waals surface area contributed by atoms with E-state index in [0.29, 0.717) is 68.3 Å². The zero-order valence-corrected chi connectivity index (χ0v) is 23.6. The Kier molecular flexibility index (Phi) is 7.56. The average molecular weight is 575 g/mol. The lowest BCUT2D eigenvalue weighted by Gasteiger charge is -2.30. The first kappa shape index (κ1) is 27.5. The second-order valence-corrected chi connectivity index (χ2v) is 11.8. The molecule has 3 aromatic carbocycles. The molecule has 1 atom stereocenters. The molecular formula is C33H32ClFN2O4. The third-order valence-electron chi connectivity index (χ3n) is 8.77. The van der Waals surface area contributed by atoms with Gasteiger partial charge >= 0.3 is 5.97 Å². The SMILES string of the molecule is COc1cc2nc(-c3cccc(Cl)c3-c3ccc(C(=O)CC(C4CCCCC4)C4CC4)cc3C(=O)O)[nH]c2cc1F. The first-order valence-corrected chi connectivity index (χ1v) is 14.6. The van der Waals surface area contributed by atoms with Crippen LogP contribution in [0.3, 0.4) is 0 Å². The number of Topliss-reactive ketones (excluding diaryl/α,β-unsaturated/α-hetero) is 1. The number of carboxylic acids is 1. The maximum absolute atomic E-state index is 14.3. The van der Waals surface area contributed by atoms with Gasteiger partial charge in [0.2, 0.25) is 0 Å². The van der Waals surface area contributed by atoms with Gasteiger partial charge in [0, 0.05) is 40.3 Å². The Balaban J connectivity index is 1.37. The van der Waals surface area contributed by atoms with E-state index in [2.05, 4.69) is 9.97 Å². The minimum absolute atomic E-state index is 0.00494. The topological polar surface area (TPSA) is 92.3 Å². The molecule has 0 bridgehead atoms.